The molecule has 0 spiro atoms. The first-order chi connectivity index (χ1) is 13.5. The zero-order chi connectivity index (χ0) is 19.8. The van der Waals surface area contributed by atoms with Crippen LogP contribution in [0.2, 0.25) is 0 Å². The van der Waals surface area contributed by atoms with Gasteiger partial charge >= 0.3 is 0 Å². The lowest BCUT2D eigenvalue weighted by Gasteiger charge is -2.26. The molecule has 28 heavy (non-hydrogen) atoms. The van der Waals surface area contributed by atoms with Gasteiger partial charge in [-0.2, -0.15) is 0 Å². The number of hydrogen-bond donors (Lipinski definition) is 2. The van der Waals surface area contributed by atoms with Crippen LogP contribution in [0.3, 0.4) is 0 Å². The van der Waals surface area contributed by atoms with Crippen molar-refractivity contribution >= 4 is 33.9 Å². The van der Waals surface area contributed by atoms with Gasteiger partial charge < -0.3 is 19.7 Å². The Kier molecular flexibility index (Phi) is 4.78. The molecule has 7 heteroatoms. The average molecular weight is 396 g/mol. The number of ether oxygens (including phenoxy) is 1. The van der Waals surface area contributed by atoms with Crippen molar-refractivity contribution in [1.82, 2.24) is 9.88 Å². The third-order valence-corrected chi connectivity index (χ3v) is 5.92. The summed E-state index contributed by atoms with van der Waals surface area (Å²) in [6.45, 7) is 2.48. The van der Waals surface area contributed by atoms with E-state index in [1.165, 1.54) is 16.2 Å². The molecule has 1 aliphatic heterocycles. The first kappa shape index (κ1) is 18.5. The van der Waals surface area contributed by atoms with Crippen molar-refractivity contribution in [2.24, 2.45) is 0 Å². The number of aromatic amines is 1. The number of methoxy groups -OCH3 is 1. The Morgan fingerprint density at radius 1 is 1.29 bits per heavy atom. The van der Waals surface area contributed by atoms with Crippen LogP contribution in [0.15, 0.2) is 53.1 Å². The molecule has 6 nitrogen and oxygen atoms in total. The van der Waals surface area contributed by atoms with Crippen LogP contribution in [0, 0.1) is 6.92 Å². The Bertz CT molecular complexity index is 1080. The van der Waals surface area contributed by atoms with E-state index >= 15 is 0 Å². The number of hydrogen-bond acceptors (Lipinski definition) is 5. The number of aryl methyl sites for hydroxylation is 1. The van der Waals surface area contributed by atoms with Crippen LogP contribution < -0.4 is 0 Å². The van der Waals surface area contributed by atoms with E-state index in [4.69, 9.17) is 4.74 Å². The maximum Gasteiger partial charge on any atom is 0.290 e. The Morgan fingerprint density at radius 2 is 2.07 bits per heavy atom. The van der Waals surface area contributed by atoms with Crippen LogP contribution in [-0.2, 0) is 9.53 Å². The minimum absolute atomic E-state index is 0.122. The number of fused-ring (bicyclic) bond motifs is 1. The summed E-state index contributed by atoms with van der Waals surface area (Å²) in [5, 5.41) is 13.4. The van der Waals surface area contributed by atoms with Gasteiger partial charge in [-0.25, -0.2) is 0 Å². The number of rotatable bonds is 6. The molecule has 2 aromatic heterocycles. The highest BCUT2D eigenvalue weighted by molar-refractivity contribution is 7.12. The molecule has 2 N–H and O–H groups in total. The van der Waals surface area contributed by atoms with E-state index in [1.807, 2.05) is 31.2 Å². The van der Waals surface area contributed by atoms with Crippen molar-refractivity contribution in [2.75, 3.05) is 20.3 Å². The normalized spacial score (nSPS) is 17.1. The smallest absolute Gasteiger partial charge is 0.290 e. The highest BCUT2D eigenvalue weighted by Crippen LogP contribution is 2.43. The minimum Gasteiger partial charge on any atom is -0.503 e. The first-order valence-electron chi connectivity index (χ1n) is 8.93. The molecule has 1 amide bonds. The molecule has 0 bridgehead atoms. The molecule has 1 unspecified atom stereocenters. The van der Waals surface area contributed by atoms with Gasteiger partial charge in [0.1, 0.15) is 0 Å². The number of aromatic nitrogens is 1. The zero-order valence-corrected chi connectivity index (χ0v) is 16.4. The minimum atomic E-state index is -0.673. The second kappa shape index (κ2) is 7.26. The molecule has 0 aliphatic carbocycles. The average Bonchev–Trinajstić information content (AvgIpc) is 3.38. The summed E-state index contributed by atoms with van der Waals surface area (Å²) in [5.41, 5.74) is 2.72. The predicted octanol–water partition coefficient (Wildman–Crippen LogP) is 3.76. The van der Waals surface area contributed by atoms with Gasteiger partial charge in [-0.3, -0.25) is 9.59 Å². The Balaban J connectivity index is 1.91. The molecule has 0 saturated heterocycles. The fraction of sp³-hybridized carbons (Fsp3) is 0.238. The lowest BCUT2D eigenvalue weighted by atomic mass is 9.93. The number of Topliss-reactive ketones (excluding diaryl/α,β-unsaturated/α-hetero) is 1. The quantitative estimate of drug-likeness (QED) is 0.622. The summed E-state index contributed by atoms with van der Waals surface area (Å²) in [6.07, 6.45) is 0. The summed E-state index contributed by atoms with van der Waals surface area (Å²) in [6, 6.07) is 10.6. The Morgan fingerprint density at radius 3 is 2.79 bits per heavy atom. The van der Waals surface area contributed by atoms with Crippen molar-refractivity contribution in [3.8, 4) is 0 Å². The number of ketones is 1. The number of carbonyl (C=O) groups is 2. The van der Waals surface area contributed by atoms with E-state index in [0.717, 1.165) is 22.2 Å². The van der Waals surface area contributed by atoms with Crippen LogP contribution in [0.4, 0.5) is 0 Å². The van der Waals surface area contributed by atoms with Gasteiger partial charge in [-0.1, -0.05) is 24.3 Å². The Labute approximate surface area is 166 Å². The zero-order valence-electron chi connectivity index (χ0n) is 15.6. The Hall–Kier alpha value is -2.90. The van der Waals surface area contributed by atoms with E-state index in [2.05, 4.69) is 4.98 Å². The largest absolute Gasteiger partial charge is 0.503 e. The number of aliphatic hydroxyl groups excluding tert-OH is 1. The van der Waals surface area contributed by atoms with Gasteiger partial charge in [-0.05, 0) is 24.4 Å². The number of H-pyrrole nitrogens is 1. The summed E-state index contributed by atoms with van der Waals surface area (Å²) in [5.74, 6) is -1.36. The third-order valence-electron chi connectivity index (χ3n) is 5.05. The van der Waals surface area contributed by atoms with Gasteiger partial charge in [0.2, 0.25) is 5.78 Å². The van der Waals surface area contributed by atoms with Crippen LogP contribution in [0.25, 0.3) is 10.9 Å². The van der Waals surface area contributed by atoms with Gasteiger partial charge in [0.15, 0.2) is 5.76 Å². The number of carbonyl (C=O) groups excluding carboxylic acids is 2. The molecule has 4 rings (SSSR count). The molecule has 3 heterocycles. The van der Waals surface area contributed by atoms with E-state index < -0.39 is 17.7 Å². The lowest BCUT2D eigenvalue weighted by Crippen LogP contribution is -2.34. The second-order valence-corrected chi connectivity index (χ2v) is 7.62. The van der Waals surface area contributed by atoms with Crippen LogP contribution in [0.5, 0.6) is 0 Å². The summed E-state index contributed by atoms with van der Waals surface area (Å²) < 4.78 is 5.15. The first-order valence-corrected chi connectivity index (χ1v) is 9.81. The molecular weight excluding hydrogens is 376 g/mol. The fourth-order valence-corrected chi connectivity index (χ4v) is 4.48. The SMILES string of the molecule is COCCN1C(=O)C(O)=C(C(=O)c2cccs2)C1c1c(C)[nH]c2ccccc12. The van der Waals surface area contributed by atoms with Crippen LogP contribution >= 0.6 is 11.3 Å². The van der Waals surface area contributed by atoms with Crippen LogP contribution in [0.1, 0.15) is 27.0 Å². The maximum atomic E-state index is 13.2. The number of aliphatic hydroxyl groups is 1. The monoisotopic (exact) mass is 396 g/mol. The van der Waals surface area contributed by atoms with E-state index in [0.29, 0.717) is 11.5 Å². The van der Waals surface area contributed by atoms with Crippen LogP contribution in [-0.4, -0.2) is 46.9 Å². The maximum absolute atomic E-state index is 13.2. The fourth-order valence-electron chi connectivity index (χ4n) is 3.80. The highest BCUT2D eigenvalue weighted by Gasteiger charge is 2.45. The van der Waals surface area contributed by atoms with Gasteiger partial charge in [-0.15, -0.1) is 11.3 Å². The second-order valence-electron chi connectivity index (χ2n) is 6.67. The molecular formula is C21H20N2O4S. The standard InChI is InChI=1S/C21H20N2O4S/c1-12-16(13-6-3-4-7-14(13)22-12)18-17(19(24)15-8-5-11-28-15)20(25)21(26)23(18)9-10-27-2/h3-8,11,18,22,25H,9-10H2,1-2H3. The van der Waals surface area contributed by atoms with Gasteiger partial charge in [0, 0.05) is 35.8 Å². The summed E-state index contributed by atoms with van der Waals surface area (Å²) in [4.78, 5) is 31.4. The number of amides is 1. The third kappa shape index (κ3) is 2.83. The van der Waals surface area contributed by atoms with E-state index in [1.54, 1.807) is 24.6 Å². The summed E-state index contributed by atoms with van der Waals surface area (Å²) >= 11 is 1.29. The van der Waals surface area contributed by atoms with E-state index in [9.17, 15) is 14.7 Å². The van der Waals surface area contributed by atoms with Gasteiger partial charge in [0.25, 0.3) is 5.91 Å². The molecule has 1 aromatic carbocycles. The molecule has 0 fully saturated rings. The van der Waals surface area contributed by atoms with Crippen molar-refractivity contribution in [3.63, 3.8) is 0 Å². The van der Waals surface area contributed by atoms with Crippen molar-refractivity contribution in [2.45, 2.75) is 13.0 Å². The van der Waals surface area contributed by atoms with Crippen molar-refractivity contribution < 1.29 is 19.4 Å². The number of nitrogens with one attached hydrogen (secondary N) is 1. The number of nitrogens with zero attached hydrogens (tertiary/aromatic N) is 1. The summed E-state index contributed by atoms with van der Waals surface area (Å²) in [7, 11) is 1.55. The van der Waals surface area contributed by atoms with E-state index in [-0.39, 0.29) is 17.9 Å². The molecule has 1 aliphatic rings. The molecule has 0 radical (unpaired) electrons. The molecule has 3 aromatic rings. The number of thiophene rings is 1. The lowest BCUT2D eigenvalue weighted by molar-refractivity contribution is -0.130. The van der Waals surface area contributed by atoms with Crippen molar-refractivity contribution in [1.29, 1.82) is 0 Å². The molecule has 1 atom stereocenters. The topological polar surface area (TPSA) is 82.6 Å². The van der Waals surface area contributed by atoms with Gasteiger partial charge in [0.05, 0.1) is 23.1 Å². The number of para-hydroxylation sites is 1. The molecule has 144 valence electrons. The van der Waals surface area contributed by atoms with Crippen molar-refractivity contribution in [3.05, 3.63) is 69.2 Å². The predicted molar refractivity (Wildman–Crippen MR) is 108 cm³/mol. The highest BCUT2D eigenvalue weighted by atomic mass is 32.1. The number of benzene rings is 1. The molecule has 0 saturated carbocycles.